The van der Waals surface area contributed by atoms with Crippen molar-refractivity contribution in [1.82, 2.24) is 4.90 Å². The van der Waals surface area contributed by atoms with E-state index in [-0.39, 0.29) is 0 Å². The summed E-state index contributed by atoms with van der Waals surface area (Å²) in [6.07, 6.45) is 1.15. The molecule has 1 saturated heterocycles. The van der Waals surface area contributed by atoms with E-state index in [0.717, 1.165) is 44.2 Å². The number of hydrogen-bond donors (Lipinski definition) is 1. The molecule has 1 aromatic rings. The molecule has 2 rings (SSSR count). The molecule has 0 spiro atoms. The Labute approximate surface area is 134 Å². The topological polar surface area (TPSA) is 32.5 Å². The van der Waals surface area contributed by atoms with Crippen molar-refractivity contribution in [3.05, 3.63) is 29.3 Å². The summed E-state index contributed by atoms with van der Waals surface area (Å²) in [6, 6.07) is 8.62. The molecule has 1 fully saturated rings. The minimum atomic E-state index is 0.328. The van der Waals surface area contributed by atoms with Crippen molar-refractivity contribution in [3.63, 3.8) is 0 Å². The minimum absolute atomic E-state index is 0.328. The molecule has 2 N–H and O–H groups in total. The van der Waals surface area contributed by atoms with E-state index in [1.807, 2.05) is 18.2 Å². The highest BCUT2D eigenvalue weighted by Gasteiger charge is 2.26. The fraction of sp³-hybridized carbons (Fsp3) is 0.647. The van der Waals surface area contributed by atoms with Gasteiger partial charge in [0.25, 0.3) is 0 Å². The van der Waals surface area contributed by atoms with Crippen LogP contribution in [0.2, 0.25) is 5.02 Å². The lowest BCUT2D eigenvalue weighted by Gasteiger charge is -2.41. The average molecular weight is 310 g/mol. The third kappa shape index (κ3) is 4.87. The second kappa shape index (κ2) is 6.99. The van der Waals surface area contributed by atoms with Gasteiger partial charge in [0, 0.05) is 49.5 Å². The number of anilines is 1. The van der Waals surface area contributed by atoms with Crippen LogP contribution in [0.15, 0.2) is 24.3 Å². The lowest BCUT2D eigenvalue weighted by Crippen LogP contribution is -2.53. The highest BCUT2D eigenvalue weighted by molar-refractivity contribution is 6.30. The summed E-state index contributed by atoms with van der Waals surface area (Å²) in [6.45, 7) is 11.8. The van der Waals surface area contributed by atoms with Gasteiger partial charge in [-0.2, -0.15) is 0 Å². The molecule has 4 heteroatoms. The molecule has 1 aliphatic rings. The predicted octanol–water partition coefficient (Wildman–Crippen LogP) is 3.23. The van der Waals surface area contributed by atoms with Gasteiger partial charge in [0.1, 0.15) is 0 Å². The number of rotatable bonds is 4. The second-order valence-corrected chi connectivity index (χ2v) is 7.59. The smallest absolute Gasteiger partial charge is 0.0426 e. The molecule has 0 amide bonds. The Balaban J connectivity index is 1.93. The van der Waals surface area contributed by atoms with E-state index < -0.39 is 0 Å². The van der Waals surface area contributed by atoms with Crippen LogP contribution >= 0.6 is 11.6 Å². The number of hydrogen-bond acceptors (Lipinski definition) is 3. The summed E-state index contributed by atoms with van der Waals surface area (Å²) in [5.74, 6) is 0. The Bertz CT molecular complexity index is 448. The first-order valence-electron chi connectivity index (χ1n) is 7.84. The summed E-state index contributed by atoms with van der Waals surface area (Å²) in [7, 11) is 0. The molecule has 1 aliphatic heterocycles. The monoisotopic (exact) mass is 309 g/mol. The molecule has 1 atom stereocenters. The van der Waals surface area contributed by atoms with Crippen LogP contribution in [0.3, 0.4) is 0 Å². The summed E-state index contributed by atoms with van der Waals surface area (Å²) >= 11 is 6.08. The molecule has 1 aromatic carbocycles. The maximum atomic E-state index is 6.08. The number of halogens is 1. The zero-order chi connectivity index (χ0) is 15.5. The van der Waals surface area contributed by atoms with Gasteiger partial charge in [-0.15, -0.1) is 0 Å². The molecular formula is C17H28ClN3. The maximum Gasteiger partial charge on any atom is 0.0426 e. The van der Waals surface area contributed by atoms with Gasteiger partial charge in [0.2, 0.25) is 0 Å². The average Bonchev–Trinajstić information content (AvgIpc) is 2.44. The van der Waals surface area contributed by atoms with Gasteiger partial charge in [-0.3, -0.25) is 4.90 Å². The third-order valence-corrected chi connectivity index (χ3v) is 4.36. The van der Waals surface area contributed by atoms with Gasteiger partial charge in [-0.05, 0) is 30.0 Å². The lowest BCUT2D eigenvalue weighted by molar-refractivity contribution is 0.145. The normalized spacial score (nSPS) is 18.8. The summed E-state index contributed by atoms with van der Waals surface area (Å²) in [4.78, 5) is 4.96. The summed E-state index contributed by atoms with van der Waals surface area (Å²) in [5.41, 5.74) is 7.56. The predicted molar refractivity (Wildman–Crippen MR) is 92.2 cm³/mol. The van der Waals surface area contributed by atoms with Crippen molar-refractivity contribution in [2.24, 2.45) is 11.1 Å². The fourth-order valence-corrected chi connectivity index (χ4v) is 3.27. The van der Waals surface area contributed by atoms with E-state index >= 15 is 0 Å². The number of nitrogens with zero attached hydrogens (tertiary/aromatic N) is 2. The van der Waals surface area contributed by atoms with Crippen LogP contribution in [-0.2, 0) is 0 Å². The molecule has 21 heavy (non-hydrogen) atoms. The largest absolute Gasteiger partial charge is 0.369 e. The Morgan fingerprint density at radius 2 is 1.86 bits per heavy atom. The molecule has 0 aliphatic carbocycles. The third-order valence-electron chi connectivity index (χ3n) is 4.12. The maximum absolute atomic E-state index is 6.08. The van der Waals surface area contributed by atoms with E-state index in [4.69, 9.17) is 17.3 Å². The van der Waals surface area contributed by atoms with Crippen molar-refractivity contribution in [2.45, 2.75) is 33.2 Å². The first-order chi connectivity index (χ1) is 9.89. The SMILES string of the molecule is CC(C)(C)CC(CN)N1CCN(c2cccc(Cl)c2)CC1. The molecule has 0 saturated carbocycles. The molecule has 0 bridgehead atoms. The fourth-order valence-electron chi connectivity index (χ4n) is 3.09. The molecular weight excluding hydrogens is 282 g/mol. The van der Waals surface area contributed by atoms with Crippen LogP contribution in [0.4, 0.5) is 5.69 Å². The number of nitrogens with two attached hydrogens (primary N) is 1. The molecule has 0 aromatic heterocycles. The van der Waals surface area contributed by atoms with Crippen molar-refractivity contribution < 1.29 is 0 Å². The first kappa shape index (κ1) is 16.6. The van der Waals surface area contributed by atoms with Crippen LogP contribution in [0.1, 0.15) is 27.2 Å². The first-order valence-corrected chi connectivity index (χ1v) is 8.21. The summed E-state index contributed by atoms with van der Waals surface area (Å²) < 4.78 is 0. The minimum Gasteiger partial charge on any atom is -0.369 e. The van der Waals surface area contributed by atoms with Gasteiger partial charge in [0.15, 0.2) is 0 Å². The molecule has 1 unspecified atom stereocenters. The van der Waals surface area contributed by atoms with Crippen molar-refractivity contribution >= 4 is 17.3 Å². The Kier molecular flexibility index (Phi) is 5.53. The lowest BCUT2D eigenvalue weighted by atomic mass is 9.87. The number of benzene rings is 1. The van der Waals surface area contributed by atoms with Gasteiger partial charge in [-0.25, -0.2) is 0 Å². The van der Waals surface area contributed by atoms with Gasteiger partial charge >= 0.3 is 0 Å². The van der Waals surface area contributed by atoms with Gasteiger partial charge in [-0.1, -0.05) is 38.4 Å². The van der Waals surface area contributed by atoms with E-state index in [0.29, 0.717) is 11.5 Å². The molecule has 0 radical (unpaired) electrons. The second-order valence-electron chi connectivity index (χ2n) is 7.16. The van der Waals surface area contributed by atoms with Crippen molar-refractivity contribution in [1.29, 1.82) is 0 Å². The van der Waals surface area contributed by atoms with E-state index in [1.54, 1.807) is 0 Å². The highest BCUT2D eigenvalue weighted by atomic mass is 35.5. The highest BCUT2D eigenvalue weighted by Crippen LogP contribution is 2.25. The quantitative estimate of drug-likeness (QED) is 0.927. The van der Waals surface area contributed by atoms with Gasteiger partial charge < -0.3 is 10.6 Å². The van der Waals surface area contributed by atoms with Crippen LogP contribution < -0.4 is 10.6 Å². The summed E-state index contributed by atoms with van der Waals surface area (Å²) in [5, 5.41) is 0.808. The number of piperazine rings is 1. The Morgan fingerprint density at radius 1 is 1.19 bits per heavy atom. The van der Waals surface area contributed by atoms with Crippen molar-refractivity contribution in [3.8, 4) is 0 Å². The van der Waals surface area contributed by atoms with Crippen LogP contribution in [0, 0.1) is 5.41 Å². The standard InChI is InChI=1S/C17H28ClN3/c1-17(2,3)12-16(13-19)21-9-7-20(8-10-21)15-6-4-5-14(18)11-15/h4-6,11,16H,7-10,12-13,19H2,1-3H3. The van der Waals surface area contributed by atoms with Crippen LogP contribution in [0.25, 0.3) is 0 Å². The zero-order valence-corrected chi connectivity index (χ0v) is 14.2. The van der Waals surface area contributed by atoms with E-state index in [1.165, 1.54) is 5.69 Å². The van der Waals surface area contributed by atoms with Gasteiger partial charge in [0.05, 0.1) is 0 Å². The van der Waals surface area contributed by atoms with Crippen molar-refractivity contribution in [2.75, 3.05) is 37.6 Å². The molecule has 1 heterocycles. The molecule has 118 valence electrons. The molecule has 3 nitrogen and oxygen atoms in total. The Morgan fingerprint density at radius 3 is 2.38 bits per heavy atom. The van der Waals surface area contributed by atoms with E-state index in [9.17, 15) is 0 Å². The Hall–Kier alpha value is -0.770. The van der Waals surface area contributed by atoms with Crippen LogP contribution in [-0.4, -0.2) is 43.7 Å². The van der Waals surface area contributed by atoms with Crippen LogP contribution in [0.5, 0.6) is 0 Å². The van der Waals surface area contributed by atoms with E-state index in [2.05, 4.69) is 36.6 Å². The zero-order valence-electron chi connectivity index (χ0n) is 13.5.